The number of hydrogen-bond donors (Lipinski definition) is 6. The maximum Gasteiger partial charge on any atom is 0.336 e. The summed E-state index contributed by atoms with van der Waals surface area (Å²) in [6, 6.07) is 17.5. The van der Waals surface area contributed by atoms with Gasteiger partial charge in [-0.1, -0.05) is 36.4 Å². The molecule has 2 aromatic heterocycles. The van der Waals surface area contributed by atoms with Gasteiger partial charge < -0.3 is 35.5 Å². The van der Waals surface area contributed by atoms with Crippen LogP contribution in [0.1, 0.15) is 51.3 Å². The second kappa shape index (κ2) is 13.6. The van der Waals surface area contributed by atoms with Gasteiger partial charge in [-0.3, -0.25) is 14.4 Å². The van der Waals surface area contributed by atoms with E-state index in [1.165, 1.54) is 16.7 Å². The van der Waals surface area contributed by atoms with Crippen LogP contribution in [-0.4, -0.2) is 59.2 Å². The van der Waals surface area contributed by atoms with Crippen LogP contribution in [-0.2, 0) is 20.9 Å². The summed E-state index contributed by atoms with van der Waals surface area (Å²) >= 11 is 0. The molecule has 12 nitrogen and oxygen atoms in total. The van der Waals surface area contributed by atoms with Crippen molar-refractivity contribution in [2.24, 2.45) is 0 Å². The highest BCUT2D eigenvalue weighted by atomic mass is 16.4. The summed E-state index contributed by atoms with van der Waals surface area (Å²) in [6.07, 6.45) is -0.362. The third kappa shape index (κ3) is 8.17. The summed E-state index contributed by atoms with van der Waals surface area (Å²) in [5, 5.41) is 40.4. The number of fused-ring (bicyclic) bond motifs is 1. The molecular weight excluding hydrogens is 556 g/mol. The number of hydrogen-bond acceptors (Lipinski definition) is 7. The fourth-order valence-electron chi connectivity index (χ4n) is 4.39. The number of aliphatic carboxylic acids is 3. The first-order chi connectivity index (χ1) is 20.2. The summed E-state index contributed by atoms with van der Waals surface area (Å²) in [7, 11) is 0. The lowest BCUT2D eigenvalue weighted by Gasteiger charge is -2.18. The van der Waals surface area contributed by atoms with E-state index in [-0.39, 0.29) is 5.91 Å². The van der Waals surface area contributed by atoms with E-state index in [4.69, 9.17) is 25.4 Å². The molecular formula is C31H34N4O8. The SMILES string of the molecule is Cc1cccc(C)c1CNc1cc(NC(=O)c2ccccc2)cn2c(C)c(C)nc12.O=C(O)CC(O)(CC(=O)O)C(=O)O. The van der Waals surface area contributed by atoms with Gasteiger partial charge in [0, 0.05) is 24.0 Å². The molecule has 0 spiro atoms. The fourth-order valence-corrected chi connectivity index (χ4v) is 4.39. The average Bonchev–Trinajstić information content (AvgIpc) is 3.21. The van der Waals surface area contributed by atoms with Crippen molar-refractivity contribution in [2.45, 2.75) is 52.7 Å². The van der Waals surface area contributed by atoms with Gasteiger partial charge in [-0.05, 0) is 62.6 Å². The van der Waals surface area contributed by atoms with Crippen molar-refractivity contribution in [3.05, 3.63) is 94.4 Å². The number of carbonyl (C=O) groups excluding carboxylic acids is 1. The van der Waals surface area contributed by atoms with Gasteiger partial charge in [0.05, 0.1) is 29.9 Å². The van der Waals surface area contributed by atoms with Crippen LogP contribution in [0.15, 0.2) is 60.8 Å². The van der Waals surface area contributed by atoms with Crippen molar-refractivity contribution >= 4 is 40.8 Å². The zero-order valence-corrected chi connectivity index (χ0v) is 24.2. The lowest BCUT2D eigenvalue weighted by Crippen LogP contribution is -2.42. The minimum atomic E-state index is -2.74. The van der Waals surface area contributed by atoms with Crippen LogP contribution in [0.5, 0.6) is 0 Å². The number of carboxylic acids is 3. The summed E-state index contributed by atoms with van der Waals surface area (Å²) in [5.41, 5.74) is 6.15. The van der Waals surface area contributed by atoms with Gasteiger partial charge in [0.15, 0.2) is 11.2 Å². The first-order valence-electron chi connectivity index (χ1n) is 13.3. The van der Waals surface area contributed by atoms with E-state index in [2.05, 4.69) is 42.7 Å². The van der Waals surface area contributed by atoms with Crippen molar-refractivity contribution in [3.8, 4) is 0 Å². The quantitative estimate of drug-likeness (QED) is 0.156. The van der Waals surface area contributed by atoms with Crippen molar-refractivity contribution in [1.82, 2.24) is 9.38 Å². The summed E-state index contributed by atoms with van der Waals surface area (Å²) in [5.74, 6) is -5.15. The number of nitrogens with one attached hydrogen (secondary N) is 2. The van der Waals surface area contributed by atoms with E-state index in [9.17, 15) is 19.2 Å². The summed E-state index contributed by atoms with van der Waals surface area (Å²) in [6.45, 7) is 8.97. The Hall–Kier alpha value is -5.23. The Morgan fingerprint density at radius 1 is 0.860 bits per heavy atom. The summed E-state index contributed by atoms with van der Waals surface area (Å²) in [4.78, 5) is 47.9. The van der Waals surface area contributed by atoms with Gasteiger partial charge in [-0.15, -0.1) is 0 Å². The first kappa shape index (κ1) is 32.3. The molecule has 0 unspecified atom stereocenters. The fraction of sp³-hybridized carbons (Fsp3) is 0.258. The van der Waals surface area contributed by atoms with Crippen LogP contribution in [0.25, 0.3) is 5.65 Å². The normalized spacial score (nSPS) is 10.9. The van der Waals surface area contributed by atoms with Crippen LogP contribution in [0.2, 0.25) is 0 Å². The van der Waals surface area contributed by atoms with Gasteiger partial charge in [0.2, 0.25) is 0 Å². The Bertz CT molecular complexity index is 1630. The molecule has 226 valence electrons. The Labute approximate surface area is 247 Å². The molecule has 2 heterocycles. The number of aryl methyl sites for hydroxylation is 4. The Morgan fingerprint density at radius 2 is 1.44 bits per heavy atom. The number of aromatic nitrogens is 2. The standard InChI is InChI=1S/C25H26N4O.C6H8O7/c1-16-9-8-10-17(2)22(16)14-26-23-13-21(15-29-19(4)18(3)27-24(23)29)28-25(30)20-11-6-5-7-12-20;7-3(8)1-6(13,5(11)12)2-4(9)10/h5-13,15,26H,14H2,1-4H3,(H,28,30);13H,1-2H2,(H,7,8)(H,9,10)(H,11,12). The number of nitrogens with zero attached hydrogens (tertiary/aromatic N) is 2. The predicted molar refractivity (Wildman–Crippen MR) is 159 cm³/mol. The lowest BCUT2D eigenvalue weighted by molar-refractivity contribution is -0.170. The number of pyridine rings is 1. The molecule has 0 radical (unpaired) electrons. The number of anilines is 2. The monoisotopic (exact) mass is 590 g/mol. The van der Waals surface area contributed by atoms with Crippen LogP contribution in [0.4, 0.5) is 11.4 Å². The molecule has 43 heavy (non-hydrogen) atoms. The number of carbonyl (C=O) groups is 4. The molecule has 4 rings (SSSR count). The molecule has 0 aliphatic carbocycles. The van der Waals surface area contributed by atoms with Crippen LogP contribution >= 0.6 is 0 Å². The highest BCUT2D eigenvalue weighted by Crippen LogP contribution is 2.26. The van der Waals surface area contributed by atoms with Gasteiger partial charge >= 0.3 is 17.9 Å². The third-order valence-corrected chi connectivity index (χ3v) is 6.88. The van der Waals surface area contributed by atoms with E-state index in [0.717, 1.165) is 28.4 Å². The van der Waals surface area contributed by atoms with E-state index in [0.29, 0.717) is 12.1 Å². The lowest BCUT2D eigenvalue weighted by atomic mass is 9.96. The molecule has 2 aromatic carbocycles. The highest BCUT2D eigenvalue weighted by molar-refractivity contribution is 6.04. The molecule has 4 aromatic rings. The second-order valence-electron chi connectivity index (χ2n) is 10.1. The Kier molecular flexibility index (Phi) is 10.2. The molecule has 0 atom stereocenters. The zero-order chi connectivity index (χ0) is 31.9. The molecule has 0 aliphatic heterocycles. The summed E-state index contributed by atoms with van der Waals surface area (Å²) < 4.78 is 2.03. The number of rotatable bonds is 10. The third-order valence-electron chi connectivity index (χ3n) is 6.88. The van der Waals surface area contributed by atoms with E-state index in [1.54, 1.807) is 12.1 Å². The number of aliphatic hydroxyl groups is 1. The largest absolute Gasteiger partial charge is 0.481 e. The first-order valence-corrected chi connectivity index (χ1v) is 13.3. The minimum Gasteiger partial charge on any atom is -0.481 e. The molecule has 0 bridgehead atoms. The number of imidazole rings is 1. The second-order valence-corrected chi connectivity index (χ2v) is 10.1. The Morgan fingerprint density at radius 3 is 1.98 bits per heavy atom. The average molecular weight is 591 g/mol. The number of carboxylic acid groups (broad SMARTS) is 3. The van der Waals surface area contributed by atoms with Gasteiger partial charge in [-0.25, -0.2) is 9.78 Å². The molecule has 0 fully saturated rings. The van der Waals surface area contributed by atoms with Gasteiger partial charge in [0.1, 0.15) is 0 Å². The van der Waals surface area contributed by atoms with E-state index >= 15 is 0 Å². The van der Waals surface area contributed by atoms with Gasteiger partial charge in [0.25, 0.3) is 5.91 Å². The zero-order valence-electron chi connectivity index (χ0n) is 24.2. The maximum atomic E-state index is 12.7. The van der Waals surface area contributed by atoms with Crippen molar-refractivity contribution in [1.29, 1.82) is 0 Å². The van der Waals surface area contributed by atoms with Gasteiger partial charge in [-0.2, -0.15) is 0 Å². The maximum absolute atomic E-state index is 12.7. The number of benzene rings is 2. The van der Waals surface area contributed by atoms with Crippen molar-refractivity contribution < 1.29 is 39.6 Å². The van der Waals surface area contributed by atoms with E-state index in [1.807, 2.05) is 48.7 Å². The molecule has 0 aliphatic rings. The van der Waals surface area contributed by atoms with Crippen molar-refractivity contribution in [3.63, 3.8) is 0 Å². The molecule has 0 saturated heterocycles. The van der Waals surface area contributed by atoms with Crippen LogP contribution in [0, 0.1) is 27.7 Å². The number of amides is 1. The smallest absolute Gasteiger partial charge is 0.336 e. The van der Waals surface area contributed by atoms with Crippen LogP contribution in [0.3, 0.4) is 0 Å². The van der Waals surface area contributed by atoms with Crippen molar-refractivity contribution in [2.75, 3.05) is 10.6 Å². The highest BCUT2D eigenvalue weighted by Gasteiger charge is 2.40. The minimum absolute atomic E-state index is 0.134. The molecule has 0 saturated carbocycles. The molecule has 12 heteroatoms. The molecule has 1 amide bonds. The van der Waals surface area contributed by atoms with E-state index < -0.39 is 36.4 Å². The Balaban J connectivity index is 0.000000331. The van der Waals surface area contributed by atoms with Crippen LogP contribution < -0.4 is 10.6 Å². The topological polar surface area (TPSA) is 191 Å². The predicted octanol–water partition coefficient (Wildman–Crippen LogP) is 4.18. The molecule has 6 N–H and O–H groups in total.